The molecule has 2 fully saturated rings. The van der Waals surface area contributed by atoms with Crippen LogP contribution in [0.15, 0.2) is 18.5 Å². The normalized spacial score (nSPS) is 18.0. The number of nitrogen functional groups attached to an aromatic ring is 1. The van der Waals surface area contributed by atoms with Crippen molar-refractivity contribution in [3.8, 4) is 0 Å². The lowest BCUT2D eigenvalue weighted by atomic mass is 10.1. The van der Waals surface area contributed by atoms with Gasteiger partial charge in [-0.2, -0.15) is 15.0 Å². The lowest BCUT2D eigenvalue weighted by molar-refractivity contribution is 0.556. The van der Waals surface area contributed by atoms with Crippen LogP contribution >= 0.6 is 0 Å². The Morgan fingerprint density at radius 3 is 1.88 bits per heavy atom. The maximum absolute atomic E-state index is 5.83. The zero-order chi connectivity index (χ0) is 17.8. The summed E-state index contributed by atoms with van der Waals surface area (Å²) < 4.78 is 0. The summed E-state index contributed by atoms with van der Waals surface area (Å²) in [5.74, 6) is 2.08. The second-order valence-electron chi connectivity index (χ2n) is 6.99. The van der Waals surface area contributed by atoms with Crippen molar-refractivity contribution in [1.82, 2.24) is 19.9 Å². The molecule has 26 heavy (non-hydrogen) atoms. The van der Waals surface area contributed by atoms with Gasteiger partial charge < -0.3 is 20.9 Å². The maximum atomic E-state index is 5.83. The predicted molar refractivity (Wildman–Crippen MR) is 104 cm³/mol. The van der Waals surface area contributed by atoms with E-state index in [1.54, 1.807) is 12.4 Å². The molecule has 2 saturated heterocycles. The summed E-state index contributed by atoms with van der Waals surface area (Å²) in [6.45, 7) is 4.01. The summed E-state index contributed by atoms with van der Waals surface area (Å²) in [6, 6.07) is 1.83. The molecule has 2 aliphatic heterocycles. The van der Waals surface area contributed by atoms with Crippen LogP contribution in [0.5, 0.6) is 0 Å². The lowest BCUT2D eigenvalue weighted by Crippen LogP contribution is -2.34. The van der Waals surface area contributed by atoms with E-state index in [0.29, 0.717) is 11.6 Å². The summed E-state index contributed by atoms with van der Waals surface area (Å²) in [6.07, 6.45) is 10.7. The van der Waals surface area contributed by atoms with E-state index >= 15 is 0 Å². The van der Waals surface area contributed by atoms with E-state index in [1.165, 1.54) is 38.5 Å². The number of hydrogen-bond donors (Lipinski definition) is 2. The Kier molecular flexibility index (Phi) is 4.99. The third-order valence-electron chi connectivity index (χ3n) is 4.91. The minimum atomic E-state index is 0.550. The molecule has 0 unspecified atom stereocenters. The maximum Gasteiger partial charge on any atom is 0.233 e. The zero-order valence-electron chi connectivity index (χ0n) is 15.1. The average molecular weight is 354 g/mol. The Hall–Kier alpha value is -2.64. The molecule has 0 aromatic carbocycles. The molecule has 0 atom stereocenters. The van der Waals surface area contributed by atoms with Crippen molar-refractivity contribution in [3.05, 3.63) is 18.5 Å². The lowest BCUT2D eigenvalue weighted by Gasteiger charge is -2.30. The van der Waals surface area contributed by atoms with E-state index in [9.17, 15) is 0 Å². The molecule has 0 saturated carbocycles. The van der Waals surface area contributed by atoms with Gasteiger partial charge in [-0.1, -0.05) is 0 Å². The van der Waals surface area contributed by atoms with Crippen molar-refractivity contribution in [2.24, 2.45) is 0 Å². The van der Waals surface area contributed by atoms with E-state index in [4.69, 9.17) is 10.7 Å². The number of nitrogens with zero attached hydrogens (tertiary/aromatic N) is 6. The molecule has 2 aliphatic rings. The van der Waals surface area contributed by atoms with Gasteiger partial charge in [-0.25, -0.2) is 0 Å². The number of pyridine rings is 1. The third kappa shape index (κ3) is 3.95. The molecule has 0 amide bonds. The largest absolute Gasteiger partial charge is 0.397 e. The van der Waals surface area contributed by atoms with E-state index in [-0.39, 0.29) is 0 Å². The molecule has 8 nitrogen and oxygen atoms in total. The van der Waals surface area contributed by atoms with Crippen LogP contribution in [0.4, 0.5) is 29.2 Å². The first-order valence-electron chi connectivity index (χ1n) is 9.51. The van der Waals surface area contributed by atoms with E-state index < -0.39 is 0 Å². The van der Waals surface area contributed by atoms with Crippen LogP contribution in [-0.2, 0) is 0 Å². The van der Waals surface area contributed by atoms with Crippen LogP contribution in [-0.4, -0.2) is 46.1 Å². The predicted octanol–water partition coefficient (Wildman–Crippen LogP) is 2.57. The molecule has 4 rings (SSSR count). The monoisotopic (exact) mass is 354 g/mol. The number of aromatic nitrogens is 4. The van der Waals surface area contributed by atoms with Crippen molar-refractivity contribution in [2.45, 2.75) is 38.5 Å². The smallest absolute Gasteiger partial charge is 0.233 e. The van der Waals surface area contributed by atoms with Crippen LogP contribution in [0.3, 0.4) is 0 Å². The van der Waals surface area contributed by atoms with Gasteiger partial charge in [-0.05, 0) is 44.6 Å². The molecule has 0 radical (unpaired) electrons. The minimum Gasteiger partial charge on any atom is -0.397 e. The van der Waals surface area contributed by atoms with Crippen molar-refractivity contribution in [3.63, 3.8) is 0 Å². The average Bonchev–Trinajstić information content (AvgIpc) is 2.69. The summed E-state index contributed by atoms with van der Waals surface area (Å²) in [7, 11) is 0. The summed E-state index contributed by atoms with van der Waals surface area (Å²) in [4.78, 5) is 22.8. The molecule has 2 aromatic heterocycles. The fraction of sp³-hybridized carbons (Fsp3) is 0.556. The molecule has 0 bridgehead atoms. The SMILES string of the molecule is Nc1cncc(Nc2nc(N3CCCCC3)nc(N3CCCCC3)n2)c1. The van der Waals surface area contributed by atoms with Gasteiger partial charge in [-0.3, -0.25) is 4.98 Å². The Morgan fingerprint density at radius 2 is 1.35 bits per heavy atom. The van der Waals surface area contributed by atoms with Crippen LogP contribution in [0, 0.1) is 0 Å². The van der Waals surface area contributed by atoms with Gasteiger partial charge in [0.25, 0.3) is 0 Å². The summed E-state index contributed by atoms with van der Waals surface area (Å²) >= 11 is 0. The van der Waals surface area contributed by atoms with E-state index in [2.05, 4.69) is 30.1 Å². The van der Waals surface area contributed by atoms with Crippen molar-refractivity contribution >= 4 is 29.2 Å². The van der Waals surface area contributed by atoms with Crippen LogP contribution in [0.25, 0.3) is 0 Å². The molecule has 4 heterocycles. The molecular weight excluding hydrogens is 328 g/mol. The zero-order valence-corrected chi connectivity index (χ0v) is 15.1. The highest BCUT2D eigenvalue weighted by atomic mass is 15.4. The number of hydrogen-bond acceptors (Lipinski definition) is 8. The second-order valence-corrected chi connectivity index (χ2v) is 6.99. The van der Waals surface area contributed by atoms with Gasteiger partial charge in [0.15, 0.2) is 0 Å². The van der Waals surface area contributed by atoms with Crippen molar-refractivity contribution in [1.29, 1.82) is 0 Å². The Bertz CT molecular complexity index is 701. The minimum absolute atomic E-state index is 0.550. The number of nitrogens with two attached hydrogens (primary N) is 1. The first-order valence-corrected chi connectivity index (χ1v) is 9.51. The van der Waals surface area contributed by atoms with Crippen molar-refractivity contribution in [2.75, 3.05) is 47.0 Å². The summed E-state index contributed by atoms with van der Waals surface area (Å²) in [5, 5.41) is 3.25. The molecule has 8 heteroatoms. The van der Waals surface area contributed by atoms with Crippen molar-refractivity contribution < 1.29 is 0 Å². The molecule has 2 aromatic rings. The molecular formula is C18H26N8. The highest BCUT2D eigenvalue weighted by Gasteiger charge is 2.20. The van der Waals surface area contributed by atoms with Crippen LogP contribution in [0.1, 0.15) is 38.5 Å². The quantitative estimate of drug-likeness (QED) is 0.865. The first kappa shape index (κ1) is 16.8. The first-order chi connectivity index (χ1) is 12.8. The van der Waals surface area contributed by atoms with Gasteiger partial charge in [-0.15, -0.1) is 0 Å². The van der Waals surface area contributed by atoms with Gasteiger partial charge >= 0.3 is 0 Å². The topological polar surface area (TPSA) is 96.1 Å². The van der Waals surface area contributed by atoms with Crippen LogP contribution < -0.4 is 20.9 Å². The molecule has 0 aliphatic carbocycles. The number of piperidine rings is 2. The molecule has 0 spiro atoms. The van der Waals surface area contributed by atoms with Gasteiger partial charge in [0.2, 0.25) is 17.8 Å². The molecule has 138 valence electrons. The van der Waals surface area contributed by atoms with E-state index in [0.717, 1.165) is 43.8 Å². The fourth-order valence-electron chi connectivity index (χ4n) is 3.54. The second kappa shape index (κ2) is 7.72. The van der Waals surface area contributed by atoms with Gasteiger partial charge in [0.05, 0.1) is 17.6 Å². The van der Waals surface area contributed by atoms with Gasteiger partial charge in [0, 0.05) is 32.4 Å². The Morgan fingerprint density at radius 1 is 0.769 bits per heavy atom. The number of anilines is 5. The van der Waals surface area contributed by atoms with E-state index in [1.807, 2.05) is 6.07 Å². The van der Waals surface area contributed by atoms with Gasteiger partial charge in [0.1, 0.15) is 0 Å². The third-order valence-corrected chi connectivity index (χ3v) is 4.91. The highest BCUT2D eigenvalue weighted by molar-refractivity contribution is 5.59. The summed E-state index contributed by atoms with van der Waals surface area (Å²) in [5.41, 5.74) is 7.22. The Balaban J connectivity index is 1.64. The number of rotatable bonds is 4. The standard InChI is InChI=1S/C18H26N8/c19-14-11-15(13-20-12-14)21-16-22-17(25-7-3-1-4-8-25)24-18(23-16)26-9-5-2-6-10-26/h11-13H,1-10,19H2,(H,21,22,23,24). The highest BCUT2D eigenvalue weighted by Crippen LogP contribution is 2.24. The fourth-order valence-corrected chi connectivity index (χ4v) is 3.54. The van der Waals surface area contributed by atoms with Crippen LogP contribution in [0.2, 0.25) is 0 Å². The molecule has 3 N–H and O–H groups in total. The Labute approximate surface area is 153 Å². The number of nitrogens with one attached hydrogen (secondary N) is 1.